The quantitative estimate of drug-likeness (QED) is 0.561. The van der Waals surface area contributed by atoms with Gasteiger partial charge in [-0.3, -0.25) is 0 Å². The van der Waals surface area contributed by atoms with E-state index in [1.807, 2.05) is 6.92 Å². The molecule has 3 heteroatoms. The molecule has 53 valence electrons. The van der Waals surface area contributed by atoms with Crippen LogP contribution in [-0.4, -0.2) is 11.3 Å². The average molecular weight is 150 g/mol. The number of carbonyl (C=O) groups excluding carboxylic acids is 1. The first-order chi connectivity index (χ1) is 4.16. The Labute approximate surface area is 59.8 Å². The molecule has 0 aromatic carbocycles. The molecule has 0 saturated heterocycles. The Morgan fingerprint density at radius 1 is 1.67 bits per heavy atom. The summed E-state index contributed by atoms with van der Waals surface area (Å²) >= 11 is 5.56. The maximum absolute atomic E-state index is 9.89. The zero-order valence-electron chi connectivity index (χ0n) is 5.39. The van der Waals surface area contributed by atoms with Crippen LogP contribution in [0.25, 0.3) is 0 Å². The van der Waals surface area contributed by atoms with Crippen LogP contribution in [0.4, 0.5) is 0 Å². The van der Waals surface area contributed by atoms with Gasteiger partial charge in [-0.1, -0.05) is 13.3 Å². The second-order valence-corrected chi connectivity index (χ2v) is 2.58. The molecule has 9 heavy (non-hydrogen) atoms. The first-order valence-corrected chi connectivity index (χ1v) is 3.44. The predicted octanol–water partition coefficient (Wildman–Crippen LogP) is 1.74. The highest BCUT2D eigenvalue weighted by Gasteiger charge is 2.08. The smallest absolute Gasteiger partial charge is 0.247 e. The molecule has 0 N–H and O–H groups in total. The Morgan fingerprint density at radius 3 is 2.56 bits per heavy atom. The van der Waals surface area contributed by atoms with E-state index >= 15 is 0 Å². The maximum atomic E-state index is 9.89. The van der Waals surface area contributed by atoms with Gasteiger partial charge in [-0.2, -0.15) is 0 Å². The molecule has 1 atom stereocenters. The second-order valence-electron chi connectivity index (χ2n) is 1.96. The predicted molar refractivity (Wildman–Crippen MR) is 34.9 cm³/mol. The van der Waals surface area contributed by atoms with Crippen LogP contribution >= 0.6 is 11.6 Å². The zero-order chi connectivity index (χ0) is 7.28. The fraction of sp³-hybridized carbons (Fsp3) is 0.833. The van der Waals surface area contributed by atoms with Gasteiger partial charge in [-0.15, -0.1) is 11.6 Å². The van der Waals surface area contributed by atoms with Crippen LogP contribution in [0.1, 0.15) is 26.2 Å². The van der Waals surface area contributed by atoms with Crippen LogP contribution < -0.4 is 0 Å². The maximum Gasteiger partial charge on any atom is 0.357 e. The van der Waals surface area contributed by atoms with Crippen molar-refractivity contribution in [2.45, 2.75) is 31.6 Å². The van der Waals surface area contributed by atoms with E-state index in [0.29, 0.717) is 0 Å². The summed E-state index contributed by atoms with van der Waals surface area (Å²) in [5, 5.41) is 9.64. The van der Waals surface area contributed by atoms with E-state index in [2.05, 4.69) is 0 Å². The average Bonchev–Trinajstić information content (AvgIpc) is 1.63. The van der Waals surface area contributed by atoms with Crippen molar-refractivity contribution >= 4 is 17.6 Å². The van der Waals surface area contributed by atoms with Crippen LogP contribution in [0.5, 0.6) is 0 Å². The van der Waals surface area contributed by atoms with E-state index < -0.39 is 5.97 Å². The SMILES string of the molecule is CCCC(Cl)CC([O])=O. The lowest BCUT2D eigenvalue weighted by atomic mass is 10.2. The molecule has 0 spiro atoms. The topological polar surface area (TPSA) is 37.0 Å². The largest absolute Gasteiger partial charge is 0.357 e. The summed E-state index contributed by atoms with van der Waals surface area (Å²) in [4.78, 5) is 9.89. The third kappa shape index (κ3) is 5.63. The van der Waals surface area contributed by atoms with Crippen molar-refractivity contribution in [2.75, 3.05) is 0 Å². The molecule has 0 aliphatic heterocycles. The third-order valence-corrected chi connectivity index (χ3v) is 1.36. The standard InChI is InChI=1S/C6H10ClO2/c1-2-3-5(7)4-6(8)9/h5H,2-4H2,1H3. The minimum absolute atomic E-state index is 0.0323. The number of hydrogen-bond donors (Lipinski definition) is 0. The Morgan fingerprint density at radius 2 is 2.22 bits per heavy atom. The summed E-state index contributed by atoms with van der Waals surface area (Å²) in [7, 11) is 0. The summed E-state index contributed by atoms with van der Waals surface area (Å²) in [6, 6.07) is 0. The number of alkyl halides is 1. The van der Waals surface area contributed by atoms with Crippen molar-refractivity contribution < 1.29 is 9.90 Å². The van der Waals surface area contributed by atoms with Gasteiger partial charge in [0, 0.05) is 5.38 Å². The van der Waals surface area contributed by atoms with E-state index in [-0.39, 0.29) is 11.8 Å². The van der Waals surface area contributed by atoms with E-state index in [1.165, 1.54) is 0 Å². The summed E-state index contributed by atoms with van der Waals surface area (Å²) in [5.41, 5.74) is 0. The lowest BCUT2D eigenvalue weighted by Gasteiger charge is -2.00. The second kappa shape index (κ2) is 4.62. The van der Waals surface area contributed by atoms with Crippen LogP contribution in [0, 0.1) is 0 Å². The molecule has 0 amide bonds. The minimum Gasteiger partial charge on any atom is -0.247 e. The molecule has 0 rings (SSSR count). The van der Waals surface area contributed by atoms with Gasteiger partial charge in [-0.25, -0.2) is 9.90 Å². The minimum atomic E-state index is -1.07. The number of carbonyl (C=O) groups is 1. The monoisotopic (exact) mass is 149 g/mol. The Hall–Kier alpha value is -0.240. The molecule has 1 radical (unpaired) electrons. The van der Waals surface area contributed by atoms with Crippen molar-refractivity contribution in [3.05, 3.63) is 0 Å². The highest BCUT2D eigenvalue weighted by Crippen LogP contribution is 2.08. The van der Waals surface area contributed by atoms with Crippen molar-refractivity contribution in [3.63, 3.8) is 0 Å². The van der Waals surface area contributed by atoms with E-state index in [1.54, 1.807) is 0 Å². The molecule has 0 aromatic rings. The molecule has 0 fully saturated rings. The fourth-order valence-corrected chi connectivity index (χ4v) is 0.940. The molecule has 0 aliphatic rings. The molecule has 0 saturated carbocycles. The molecule has 1 unspecified atom stereocenters. The Bertz CT molecular complexity index is 93.1. The van der Waals surface area contributed by atoms with Crippen LogP contribution in [-0.2, 0) is 9.90 Å². The first-order valence-electron chi connectivity index (χ1n) is 3.00. The molecule has 0 heterocycles. The molecular weight excluding hydrogens is 140 g/mol. The lowest BCUT2D eigenvalue weighted by molar-refractivity contribution is -0.143. The summed E-state index contributed by atoms with van der Waals surface area (Å²) in [6.07, 6.45) is 1.63. The third-order valence-electron chi connectivity index (χ3n) is 0.990. The van der Waals surface area contributed by atoms with Gasteiger partial charge < -0.3 is 0 Å². The van der Waals surface area contributed by atoms with E-state index in [4.69, 9.17) is 11.6 Å². The van der Waals surface area contributed by atoms with Crippen molar-refractivity contribution in [1.82, 2.24) is 0 Å². The van der Waals surface area contributed by atoms with Gasteiger partial charge in [0.1, 0.15) is 0 Å². The van der Waals surface area contributed by atoms with Gasteiger partial charge in [0.2, 0.25) is 0 Å². The normalized spacial score (nSPS) is 13.1. The molecule has 0 aliphatic carbocycles. The van der Waals surface area contributed by atoms with Gasteiger partial charge in [0.15, 0.2) is 0 Å². The highest BCUT2D eigenvalue weighted by molar-refractivity contribution is 6.21. The first kappa shape index (κ1) is 8.76. The number of halogens is 1. The van der Waals surface area contributed by atoms with Crippen LogP contribution in [0.2, 0.25) is 0 Å². The van der Waals surface area contributed by atoms with Crippen molar-refractivity contribution in [3.8, 4) is 0 Å². The molecular formula is C6H10ClO2. The summed E-state index contributed by atoms with van der Waals surface area (Å²) < 4.78 is 0. The van der Waals surface area contributed by atoms with Gasteiger partial charge in [-0.05, 0) is 6.42 Å². The van der Waals surface area contributed by atoms with E-state index in [0.717, 1.165) is 12.8 Å². The van der Waals surface area contributed by atoms with Gasteiger partial charge in [0.25, 0.3) is 0 Å². The molecule has 0 bridgehead atoms. The van der Waals surface area contributed by atoms with Gasteiger partial charge in [0.05, 0.1) is 6.42 Å². The number of hydrogen-bond acceptors (Lipinski definition) is 1. The summed E-state index contributed by atoms with van der Waals surface area (Å²) in [6.45, 7) is 1.96. The Balaban J connectivity index is 3.26. The fourth-order valence-electron chi connectivity index (χ4n) is 0.596. The van der Waals surface area contributed by atoms with E-state index in [9.17, 15) is 9.90 Å². The molecule has 0 aromatic heterocycles. The summed E-state index contributed by atoms with van der Waals surface area (Å²) in [5.74, 6) is -1.07. The van der Waals surface area contributed by atoms with Crippen molar-refractivity contribution in [2.24, 2.45) is 0 Å². The molecule has 2 nitrogen and oxygen atoms in total. The van der Waals surface area contributed by atoms with Crippen LogP contribution in [0.15, 0.2) is 0 Å². The zero-order valence-corrected chi connectivity index (χ0v) is 6.15. The van der Waals surface area contributed by atoms with Gasteiger partial charge >= 0.3 is 5.97 Å². The van der Waals surface area contributed by atoms with Crippen LogP contribution in [0.3, 0.4) is 0 Å². The number of rotatable bonds is 4. The van der Waals surface area contributed by atoms with Crippen molar-refractivity contribution in [1.29, 1.82) is 0 Å². The highest BCUT2D eigenvalue weighted by atomic mass is 35.5. The Kier molecular flexibility index (Phi) is 4.50. The lowest BCUT2D eigenvalue weighted by Crippen LogP contribution is -2.04.